The molecule has 9 aromatic rings. The van der Waals surface area contributed by atoms with Crippen LogP contribution in [0.2, 0.25) is 0 Å². The maximum Gasteiger partial charge on any atom is 0.168 e. The third kappa shape index (κ3) is 6.00. The zero-order chi connectivity index (χ0) is 35.9. The van der Waals surface area contributed by atoms with Crippen molar-refractivity contribution in [1.29, 1.82) is 0 Å². The van der Waals surface area contributed by atoms with Gasteiger partial charge in [-0.2, -0.15) is 0 Å². The van der Waals surface area contributed by atoms with Crippen molar-refractivity contribution < 1.29 is 0 Å². The van der Waals surface area contributed by atoms with Crippen LogP contribution in [0.15, 0.2) is 182 Å². The molecule has 0 aliphatic carbocycles. The molecule has 1 heterocycles. The van der Waals surface area contributed by atoms with Crippen LogP contribution in [0.3, 0.4) is 0 Å². The standard InChI is InChI=1S/C50H39N3/c1-50(2,3)40-28-24-39(25-29-40)49-52-51-48(38-22-20-35(21-23-38)34-12-5-4-6-13-34)53(49)41-30-26-37(27-31-41)43-32-33-47(46-18-10-9-17-44(43)46)45-19-11-15-36-14-7-8-16-42(36)45/h4-33H,1-3H3. The number of aromatic nitrogens is 3. The summed E-state index contributed by atoms with van der Waals surface area (Å²) in [5.74, 6) is 1.61. The van der Waals surface area contributed by atoms with Gasteiger partial charge in [-0.25, -0.2) is 0 Å². The number of nitrogens with zero attached hydrogens (tertiary/aromatic N) is 3. The smallest absolute Gasteiger partial charge is 0.168 e. The second-order valence-electron chi connectivity index (χ2n) is 14.7. The molecule has 0 unspecified atom stereocenters. The van der Waals surface area contributed by atoms with E-state index < -0.39 is 0 Å². The van der Waals surface area contributed by atoms with Gasteiger partial charge in [0.25, 0.3) is 0 Å². The molecule has 53 heavy (non-hydrogen) atoms. The van der Waals surface area contributed by atoms with Gasteiger partial charge >= 0.3 is 0 Å². The average molecular weight is 682 g/mol. The van der Waals surface area contributed by atoms with Gasteiger partial charge in [0.2, 0.25) is 0 Å². The first-order valence-corrected chi connectivity index (χ1v) is 18.3. The molecule has 3 nitrogen and oxygen atoms in total. The number of benzene rings is 8. The molecule has 0 saturated heterocycles. The molecular formula is C50H39N3. The lowest BCUT2D eigenvalue weighted by Gasteiger charge is -2.19. The molecule has 0 atom stereocenters. The fourth-order valence-electron chi connectivity index (χ4n) is 7.50. The highest BCUT2D eigenvalue weighted by Crippen LogP contribution is 2.39. The third-order valence-corrected chi connectivity index (χ3v) is 10.4. The highest BCUT2D eigenvalue weighted by atomic mass is 15.3. The molecule has 0 spiro atoms. The van der Waals surface area contributed by atoms with Crippen molar-refractivity contribution in [2.75, 3.05) is 0 Å². The number of fused-ring (bicyclic) bond motifs is 2. The summed E-state index contributed by atoms with van der Waals surface area (Å²) in [6, 6.07) is 65.2. The topological polar surface area (TPSA) is 30.7 Å². The van der Waals surface area contributed by atoms with Crippen molar-refractivity contribution in [2.24, 2.45) is 0 Å². The van der Waals surface area contributed by atoms with E-state index >= 15 is 0 Å². The van der Waals surface area contributed by atoms with Crippen LogP contribution >= 0.6 is 0 Å². The molecule has 1 aromatic heterocycles. The third-order valence-electron chi connectivity index (χ3n) is 10.4. The largest absolute Gasteiger partial charge is 0.275 e. The number of hydrogen-bond acceptors (Lipinski definition) is 2. The van der Waals surface area contributed by atoms with E-state index in [9.17, 15) is 0 Å². The minimum atomic E-state index is 0.0605. The summed E-state index contributed by atoms with van der Waals surface area (Å²) in [5, 5.41) is 14.6. The Balaban J connectivity index is 1.14. The van der Waals surface area contributed by atoms with Crippen molar-refractivity contribution in [3.63, 3.8) is 0 Å². The van der Waals surface area contributed by atoms with Gasteiger partial charge in [-0.05, 0) is 78.0 Å². The monoisotopic (exact) mass is 681 g/mol. The Morgan fingerprint density at radius 3 is 1.49 bits per heavy atom. The second-order valence-corrected chi connectivity index (χ2v) is 14.7. The Labute approximate surface area is 310 Å². The SMILES string of the molecule is CC(C)(C)c1ccc(-c2nnc(-c3ccc(-c4ccccc4)cc3)n2-c2ccc(-c3ccc(-c4cccc5ccccc45)c4ccccc34)cc2)cc1. The molecule has 8 aromatic carbocycles. The van der Waals surface area contributed by atoms with E-state index in [0.29, 0.717) is 0 Å². The minimum absolute atomic E-state index is 0.0605. The lowest BCUT2D eigenvalue weighted by molar-refractivity contribution is 0.590. The number of hydrogen-bond donors (Lipinski definition) is 0. The fraction of sp³-hybridized carbons (Fsp3) is 0.0800. The van der Waals surface area contributed by atoms with Gasteiger partial charge in [0.05, 0.1) is 0 Å². The lowest BCUT2D eigenvalue weighted by Crippen LogP contribution is -2.10. The minimum Gasteiger partial charge on any atom is -0.275 e. The zero-order valence-electron chi connectivity index (χ0n) is 30.2. The summed E-state index contributed by atoms with van der Waals surface area (Å²) >= 11 is 0. The first-order chi connectivity index (χ1) is 25.9. The molecule has 0 N–H and O–H groups in total. The average Bonchev–Trinajstić information content (AvgIpc) is 3.66. The first-order valence-electron chi connectivity index (χ1n) is 18.3. The highest BCUT2D eigenvalue weighted by molar-refractivity contribution is 6.09. The first kappa shape index (κ1) is 32.3. The van der Waals surface area contributed by atoms with Crippen molar-refractivity contribution in [2.45, 2.75) is 26.2 Å². The molecule has 254 valence electrons. The Morgan fingerprint density at radius 1 is 0.358 bits per heavy atom. The summed E-state index contributed by atoms with van der Waals surface area (Å²) < 4.78 is 2.19. The highest BCUT2D eigenvalue weighted by Gasteiger charge is 2.20. The van der Waals surface area contributed by atoms with Crippen molar-refractivity contribution in [3.05, 3.63) is 188 Å². The van der Waals surface area contributed by atoms with Crippen molar-refractivity contribution >= 4 is 21.5 Å². The molecule has 0 aliphatic rings. The Hall–Kier alpha value is -6.58. The van der Waals surface area contributed by atoms with E-state index in [1.165, 1.54) is 54.9 Å². The van der Waals surface area contributed by atoms with Crippen molar-refractivity contribution in [3.8, 4) is 61.8 Å². The van der Waals surface area contributed by atoms with Gasteiger partial charge in [0.1, 0.15) is 0 Å². The van der Waals surface area contributed by atoms with Gasteiger partial charge in [-0.3, -0.25) is 4.57 Å². The summed E-state index contributed by atoms with van der Waals surface area (Å²) in [6.45, 7) is 6.72. The van der Waals surface area contributed by atoms with Crippen LogP contribution in [0, 0.1) is 0 Å². The molecule has 0 radical (unpaired) electrons. The summed E-state index contributed by atoms with van der Waals surface area (Å²) in [4.78, 5) is 0. The maximum absolute atomic E-state index is 4.81. The molecule has 3 heteroatoms. The van der Waals surface area contributed by atoms with Crippen LogP contribution in [0.5, 0.6) is 0 Å². The Morgan fingerprint density at radius 2 is 0.830 bits per heavy atom. The van der Waals surface area contributed by atoms with Gasteiger partial charge in [0, 0.05) is 16.8 Å². The molecule has 0 saturated carbocycles. The van der Waals surface area contributed by atoms with Gasteiger partial charge in [0.15, 0.2) is 11.6 Å². The van der Waals surface area contributed by atoms with Gasteiger partial charge in [-0.15, -0.1) is 10.2 Å². The molecule has 0 aliphatic heterocycles. The predicted octanol–water partition coefficient (Wildman–Crippen LogP) is 13.2. The van der Waals surface area contributed by atoms with E-state index in [-0.39, 0.29) is 5.41 Å². The molecule has 0 fully saturated rings. The van der Waals surface area contributed by atoms with Crippen LogP contribution < -0.4 is 0 Å². The van der Waals surface area contributed by atoms with Crippen LogP contribution in [-0.2, 0) is 5.41 Å². The molecule has 0 amide bonds. The van der Waals surface area contributed by atoms with E-state index in [1.54, 1.807) is 0 Å². The van der Waals surface area contributed by atoms with E-state index in [2.05, 4.69) is 201 Å². The Bertz CT molecular complexity index is 2710. The Kier molecular flexibility index (Phi) is 8.05. The summed E-state index contributed by atoms with van der Waals surface area (Å²) in [7, 11) is 0. The summed E-state index contributed by atoms with van der Waals surface area (Å²) in [5.41, 5.74) is 11.6. The van der Waals surface area contributed by atoms with Crippen LogP contribution in [0.1, 0.15) is 26.3 Å². The van der Waals surface area contributed by atoms with E-state index in [4.69, 9.17) is 10.2 Å². The van der Waals surface area contributed by atoms with Crippen LogP contribution in [-0.4, -0.2) is 14.8 Å². The van der Waals surface area contributed by atoms with Gasteiger partial charge < -0.3 is 0 Å². The second kappa shape index (κ2) is 13.2. The normalized spacial score (nSPS) is 11.7. The van der Waals surface area contributed by atoms with E-state index in [0.717, 1.165) is 34.0 Å². The van der Waals surface area contributed by atoms with Crippen molar-refractivity contribution in [1.82, 2.24) is 14.8 Å². The zero-order valence-corrected chi connectivity index (χ0v) is 30.2. The fourth-order valence-corrected chi connectivity index (χ4v) is 7.50. The molecule has 9 rings (SSSR count). The summed E-state index contributed by atoms with van der Waals surface area (Å²) in [6.07, 6.45) is 0. The van der Waals surface area contributed by atoms with Gasteiger partial charge in [-0.1, -0.05) is 191 Å². The molecular weight excluding hydrogens is 643 g/mol. The molecule has 0 bridgehead atoms. The van der Waals surface area contributed by atoms with Crippen LogP contribution in [0.25, 0.3) is 83.4 Å². The van der Waals surface area contributed by atoms with E-state index in [1.807, 2.05) is 6.07 Å². The predicted molar refractivity (Wildman–Crippen MR) is 222 cm³/mol. The number of rotatable bonds is 6. The maximum atomic E-state index is 4.81. The van der Waals surface area contributed by atoms with Crippen LogP contribution in [0.4, 0.5) is 0 Å². The quantitative estimate of drug-likeness (QED) is 0.175. The lowest BCUT2D eigenvalue weighted by atomic mass is 9.86.